The largest absolute Gasteiger partial charge is 0.756 e. The molecule has 0 radical (unpaired) electrons. The summed E-state index contributed by atoms with van der Waals surface area (Å²) in [5.74, 6) is -0.535. The molecule has 8 heteroatoms. The maximum Gasteiger partial charge on any atom is 0.265 e. The summed E-state index contributed by atoms with van der Waals surface area (Å²) in [7, 11) is 0.141. The highest BCUT2D eigenvalue weighted by atomic mass is 31.2. The van der Waals surface area contributed by atoms with Crippen molar-refractivity contribution >= 4 is 19.4 Å². The molecule has 0 saturated carbocycles. The molecule has 0 spiro atoms. The lowest BCUT2D eigenvalue weighted by atomic mass is 9.75. The van der Waals surface area contributed by atoms with Crippen LogP contribution in [0.3, 0.4) is 0 Å². The Balaban J connectivity index is 4.78. The van der Waals surface area contributed by atoms with E-state index in [4.69, 9.17) is 4.52 Å². The van der Waals surface area contributed by atoms with E-state index in [9.17, 15) is 23.9 Å². The van der Waals surface area contributed by atoms with Gasteiger partial charge in [0.2, 0.25) is 17.1 Å². The van der Waals surface area contributed by atoms with Crippen LogP contribution in [0.5, 0.6) is 0 Å². The number of Topliss-reactive ketones (excluding diaryl/α,β-unsaturated/α-hetero) is 2. The van der Waals surface area contributed by atoms with Crippen molar-refractivity contribution in [3.8, 4) is 0 Å². The molecule has 0 aromatic carbocycles. The fraction of sp³-hybridized carbons (Fsp3) is 0.953. The monoisotopic (exact) mass is 744 g/mol. The second-order valence-electron chi connectivity index (χ2n) is 16.5. The molecule has 51 heavy (non-hydrogen) atoms. The van der Waals surface area contributed by atoms with Gasteiger partial charge >= 0.3 is 0 Å². The third kappa shape index (κ3) is 24.4. The van der Waals surface area contributed by atoms with Crippen LogP contribution in [0, 0.1) is 0 Å². The van der Waals surface area contributed by atoms with E-state index in [0.29, 0.717) is 12.8 Å². The highest BCUT2D eigenvalue weighted by molar-refractivity contribution is 7.44. The van der Waals surface area contributed by atoms with Crippen molar-refractivity contribution in [3.63, 3.8) is 0 Å². The lowest BCUT2D eigenvalue weighted by Gasteiger charge is -2.48. The van der Waals surface area contributed by atoms with Gasteiger partial charge in [0.25, 0.3) is 7.82 Å². The molecule has 7 nitrogen and oxygen atoms in total. The molecule has 0 heterocycles. The molecular formula is C43H86NO6P. The molecule has 2 unspecified atom stereocenters. The highest BCUT2D eigenvalue weighted by Crippen LogP contribution is 2.42. The summed E-state index contributed by atoms with van der Waals surface area (Å²) in [5.41, 5.74) is -1.69. The van der Waals surface area contributed by atoms with E-state index >= 15 is 0 Å². The van der Waals surface area contributed by atoms with Gasteiger partial charge in [-0.05, 0) is 19.3 Å². The summed E-state index contributed by atoms with van der Waals surface area (Å²) in [6.07, 6.45) is 36.1. The number of nitrogens with zero attached hydrogens (tertiary/aromatic N) is 1. The quantitative estimate of drug-likeness (QED) is 0.0291. The molecule has 0 bridgehead atoms. The van der Waals surface area contributed by atoms with Gasteiger partial charge in [0.1, 0.15) is 6.10 Å². The predicted octanol–water partition coefficient (Wildman–Crippen LogP) is 12.3. The van der Waals surface area contributed by atoms with Gasteiger partial charge in [-0.3, -0.25) is 14.2 Å². The fourth-order valence-corrected chi connectivity index (χ4v) is 8.62. The van der Waals surface area contributed by atoms with Crippen LogP contribution < -0.4 is 4.89 Å². The second-order valence-corrected chi connectivity index (χ2v) is 17.6. The Morgan fingerprint density at radius 1 is 0.529 bits per heavy atom. The average molecular weight is 744 g/mol. The molecule has 0 aliphatic rings. The number of quaternary nitrogens is 1. The standard InChI is InChI=1S/C43H86NO6P/c1-7-10-12-14-16-18-20-22-24-26-28-30-32-34-36-38-40(45)43(44(4,5)6,42(9-3)50-51(47,48)49)41(46)39-37-35-33-31-29-27-25-23-21-19-17-15-13-11-8-2/h42H,7-39H2,1-6H3,(H-,47,48,49). The molecule has 0 aromatic rings. The van der Waals surface area contributed by atoms with E-state index in [1.165, 1.54) is 141 Å². The normalized spacial score (nSPS) is 14.1. The van der Waals surface area contributed by atoms with Crippen molar-refractivity contribution in [1.82, 2.24) is 0 Å². The van der Waals surface area contributed by atoms with E-state index in [2.05, 4.69) is 13.8 Å². The number of phosphoric acid groups is 1. The van der Waals surface area contributed by atoms with Crippen LogP contribution in [-0.4, -0.2) is 53.7 Å². The summed E-state index contributed by atoms with van der Waals surface area (Å²) in [6.45, 7) is 6.23. The van der Waals surface area contributed by atoms with Crippen molar-refractivity contribution in [2.75, 3.05) is 21.1 Å². The number of phosphoric ester groups is 1. The van der Waals surface area contributed by atoms with Crippen molar-refractivity contribution in [2.45, 2.75) is 244 Å². The molecule has 304 valence electrons. The van der Waals surface area contributed by atoms with Crippen molar-refractivity contribution < 1.29 is 32.9 Å². The van der Waals surface area contributed by atoms with Gasteiger partial charge in [-0.25, -0.2) is 0 Å². The third-order valence-corrected chi connectivity index (χ3v) is 11.5. The lowest BCUT2D eigenvalue weighted by Crippen LogP contribution is -2.72. The summed E-state index contributed by atoms with van der Waals surface area (Å²) in [4.78, 5) is 49.9. The SMILES string of the molecule is CCCCCCCCCCCCCCCCCC(=O)C(C(=O)CCCCCCCCCCCCCCCCC)(C(CC)OP(=O)([O-])O)[N+](C)(C)C. The fourth-order valence-electron chi connectivity index (χ4n) is 8.00. The number of hydrogen-bond donors (Lipinski definition) is 1. The van der Waals surface area contributed by atoms with Crippen LogP contribution in [0.4, 0.5) is 0 Å². The smallest absolute Gasteiger partial charge is 0.265 e. The second kappa shape index (κ2) is 31.7. The van der Waals surface area contributed by atoms with E-state index in [-0.39, 0.29) is 35.3 Å². The van der Waals surface area contributed by atoms with E-state index in [1.807, 2.05) is 0 Å². The third-order valence-electron chi connectivity index (χ3n) is 11.0. The van der Waals surface area contributed by atoms with E-state index in [1.54, 1.807) is 28.1 Å². The zero-order valence-corrected chi connectivity index (χ0v) is 35.7. The van der Waals surface area contributed by atoms with Gasteiger partial charge in [-0.15, -0.1) is 0 Å². The Morgan fingerprint density at radius 3 is 0.961 bits per heavy atom. The molecule has 0 aliphatic carbocycles. The van der Waals surface area contributed by atoms with E-state index < -0.39 is 19.5 Å². The van der Waals surface area contributed by atoms with Gasteiger partial charge in [0.05, 0.1) is 21.1 Å². The Morgan fingerprint density at radius 2 is 0.765 bits per heavy atom. The number of hydrogen-bond acceptors (Lipinski definition) is 5. The first-order valence-corrected chi connectivity index (χ1v) is 23.5. The van der Waals surface area contributed by atoms with Crippen molar-refractivity contribution in [1.29, 1.82) is 0 Å². The molecule has 1 N–H and O–H groups in total. The summed E-state index contributed by atoms with van der Waals surface area (Å²) in [5, 5.41) is 0. The molecule has 2 atom stereocenters. The van der Waals surface area contributed by atoms with Gasteiger partial charge in [-0.2, -0.15) is 0 Å². The van der Waals surface area contributed by atoms with Crippen LogP contribution in [0.1, 0.15) is 233 Å². The zero-order chi connectivity index (χ0) is 38.3. The summed E-state index contributed by atoms with van der Waals surface area (Å²) >= 11 is 0. The van der Waals surface area contributed by atoms with Gasteiger partial charge in [-0.1, -0.05) is 201 Å². The Hall–Kier alpha value is -0.590. The minimum Gasteiger partial charge on any atom is -0.756 e. The molecule has 0 aliphatic heterocycles. The van der Waals surface area contributed by atoms with E-state index in [0.717, 1.165) is 38.5 Å². The minimum atomic E-state index is -5.17. The summed E-state index contributed by atoms with van der Waals surface area (Å²) < 4.78 is 17.1. The van der Waals surface area contributed by atoms with Crippen LogP contribution in [0.25, 0.3) is 0 Å². The number of unbranched alkanes of at least 4 members (excludes halogenated alkanes) is 28. The molecular weight excluding hydrogens is 657 g/mol. The molecule has 0 rings (SSSR count). The number of ketones is 2. The maximum atomic E-state index is 14.1. The van der Waals surface area contributed by atoms with Gasteiger partial charge < -0.3 is 18.8 Å². The van der Waals surface area contributed by atoms with Crippen LogP contribution in [-0.2, 0) is 18.7 Å². The van der Waals surface area contributed by atoms with Crippen LogP contribution >= 0.6 is 7.82 Å². The number of rotatable bonds is 39. The molecule has 0 amide bonds. The highest BCUT2D eigenvalue weighted by Gasteiger charge is 2.61. The number of carbonyl (C=O) groups excluding carboxylic acids is 2. The zero-order valence-electron chi connectivity index (χ0n) is 34.8. The minimum absolute atomic E-state index is 0.0688. The Bertz CT molecular complexity index is 836. The average Bonchev–Trinajstić information content (AvgIpc) is 3.06. The first kappa shape index (κ1) is 50.4. The first-order chi connectivity index (χ1) is 24.4. The maximum absolute atomic E-state index is 14.1. The van der Waals surface area contributed by atoms with Crippen LogP contribution in [0.15, 0.2) is 0 Å². The Labute approximate surface area is 317 Å². The van der Waals surface area contributed by atoms with Crippen molar-refractivity contribution in [2.24, 2.45) is 0 Å². The molecule has 0 saturated heterocycles. The topological polar surface area (TPSA) is 104 Å². The molecule has 0 fully saturated rings. The lowest BCUT2D eigenvalue weighted by molar-refractivity contribution is -0.906. The predicted molar refractivity (Wildman–Crippen MR) is 215 cm³/mol. The van der Waals surface area contributed by atoms with Crippen molar-refractivity contribution in [3.05, 3.63) is 0 Å². The van der Waals surface area contributed by atoms with Gasteiger partial charge in [0, 0.05) is 12.8 Å². The molecule has 0 aromatic heterocycles. The van der Waals surface area contributed by atoms with Crippen LogP contribution in [0.2, 0.25) is 0 Å². The van der Waals surface area contributed by atoms with Gasteiger partial charge in [0.15, 0.2) is 0 Å². The Kier molecular flexibility index (Phi) is 31.4. The number of likely N-dealkylation sites (N-methyl/N-ethyl adjacent to an activating group) is 1. The first-order valence-electron chi connectivity index (χ1n) is 22.0. The number of carbonyl (C=O) groups is 2. The summed E-state index contributed by atoms with van der Waals surface area (Å²) in [6, 6.07) is 0.